The third-order valence-electron chi connectivity index (χ3n) is 5.78. The van der Waals surface area contributed by atoms with Crippen LogP contribution in [0.3, 0.4) is 0 Å². The number of alkyl halides is 1. The molecule has 4 unspecified atom stereocenters. The summed E-state index contributed by atoms with van der Waals surface area (Å²) in [4.78, 5) is 14.7. The van der Waals surface area contributed by atoms with Crippen LogP contribution < -0.4 is 4.74 Å². The van der Waals surface area contributed by atoms with Gasteiger partial charge in [-0.3, -0.25) is 4.98 Å². The molecule has 0 radical (unpaired) electrons. The van der Waals surface area contributed by atoms with Crippen molar-refractivity contribution < 1.29 is 23.3 Å². The third kappa shape index (κ3) is 5.18. The molecule has 0 aliphatic carbocycles. The summed E-state index contributed by atoms with van der Waals surface area (Å²) in [5, 5.41) is 5.88. The number of rotatable bonds is 8. The Morgan fingerprint density at radius 3 is 2.68 bits per heavy atom. The first-order valence-electron chi connectivity index (χ1n) is 11.2. The van der Waals surface area contributed by atoms with E-state index in [0.29, 0.717) is 38.9 Å². The first-order chi connectivity index (χ1) is 16.2. The van der Waals surface area contributed by atoms with Gasteiger partial charge in [-0.15, -0.1) is 0 Å². The highest BCUT2D eigenvalue weighted by Gasteiger charge is 2.47. The number of hydrogen-bond acceptors (Lipinski definition) is 6. The summed E-state index contributed by atoms with van der Waals surface area (Å²) in [5.74, 6) is -1.30. The summed E-state index contributed by atoms with van der Waals surface area (Å²) in [6.07, 6.45) is 4.98. The van der Waals surface area contributed by atoms with E-state index in [1.165, 1.54) is 19.1 Å². The van der Waals surface area contributed by atoms with Gasteiger partial charge >= 0.3 is 13.6 Å². The monoisotopic (exact) mass is 530 g/mol. The molecule has 184 valence electrons. The molecule has 4 atom stereocenters. The van der Waals surface area contributed by atoms with Crippen molar-refractivity contribution in [1.82, 2.24) is 14.8 Å². The second-order valence-electron chi connectivity index (χ2n) is 8.30. The predicted octanol–water partition coefficient (Wildman–Crippen LogP) is 7.05. The second kappa shape index (κ2) is 10.6. The topological polar surface area (TPSA) is 78.6 Å². The van der Waals surface area contributed by atoms with E-state index in [9.17, 15) is 4.89 Å². The van der Waals surface area contributed by atoms with Crippen molar-refractivity contribution >= 4 is 41.8 Å². The highest BCUT2D eigenvalue weighted by Crippen LogP contribution is 2.65. The maximum atomic E-state index is 15.7. The molecule has 0 spiro atoms. The Bertz CT molecular complexity index is 1140. The fraction of sp³-hybridized carbons (Fsp3) is 0.478. The van der Waals surface area contributed by atoms with Gasteiger partial charge in [-0.1, -0.05) is 23.2 Å². The maximum Gasteiger partial charge on any atom is 0.308 e. The highest BCUT2D eigenvalue weighted by molar-refractivity contribution is 7.64. The summed E-state index contributed by atoms with van der Waals surface area (Å²) in [5.41, 5.74) is 1.41. The molecule has 1 saturated heterocycles. The van der Waals surface area contributed by atoms with Crippen LogP contribution >= 0.6 is 30.9 Å². The SMILES string of the molecule is CCO[P+](C)(O)C(F)c1nn(C2CCCCO2)c2ccc(OC(C)c3c(Cl)cncc3Cl)cc12. The number of fused-ring (bicyclic) bond motifs is 1. The largest absolute Gasteiger partial charge is 0.486 e. The molecule has 1 aliphatic heterocycles. The number of benzene rings is 1. The molecule has 1 fully saturated rings. The lowest BCUT2D eigenvalue weighted by atomic mass is 10.1. The van der Waals surface area contributed by atoms with Crippen molar-refractivity contribution in [2.24, 2.45) is 0 Å². The van der Waals surface area contributed by atoms with Crippen LogP contribution in [0.1, 0.15) is 62.6 Å². The van der Waals surface area contributed by atoms with E-state index in [4.69, 9.17) is 37.2 Å². The molecule has 3 aromatic rings. The number of nitrogens with zero attached hydrogens (tertiary/aromatic N) is 3. The van der Waals surface area contributed by atoms with Crippen LogP contribution in [0.5, 0.6) is 5.75 Å². The van der Waals surface area contributed by atoms with Crippen LogP contribution in [0, 0.1) is 0 Å². The Morgan fingerprint density at radius 1 is 1.29 bits per heavy atom. The minimum atomic E-state index is -3.36. The number of ether oxygens (including phenoxy) is 2. The Morgan fingerprint density at radius 2 is 2.03 bits per heavy atom. The van der Waals surface area contributed by atoms with Crippen LogP contribution in [0.15, 0.2) is 30.6 Å². The smallest absolute Gasteiger partial charge is 0.308 e. The molecule has 1 N–H and O–H groups in total. The lowest BCUT2D eigenvalue weighted by molar-refractivity contribution is -0.0370. The standard InChI is InChI=1S/C23H28Cl2FN3O4P/c1-4-32-34(3,30)23(26)22-16-11-15(33-14(2)21-17(24)12-27-13-18(21)25)8-9-19(16)29(28-22)20-7-5-6-10-31-20/h8-9,11-14,20,23,30H,4-7,10H2,1-3H3/q+1. The summed E-state index contributed by atoms with van der Waals surface area (Å²) in [7, 11) is -3.36. The van der Waals surface area contributed by atoms with Crippen LogP contribution in [0.4, 0.5) is 4.39 Å². The number of halogens is 3. The van der Waals surface area contributed by atoms with Gasteiger partial charge in [0.15, 0.2) is 6.23 Å². The molecule has 0 saturated carbocycles. The Balaban J connectivity index is 1.75. The fourth-order valence-electron chi connectivity index (χ4n) is 4.16. The van der Waals surface area contributed by atoms with Gasteiger partial charge in [0.05, 0.1) is 22.2 Å². The molecule has 7 nitrogen and oxygen atoms in total. The molecule has 34 heavy (non-hydrogen) atoms. The van der Waals surface area contributed by atoms with E-state index < -0.39 is 19.7 Å². The van der Waals surface area contributed by atoms with Crippen LogP contribution in [-0.4, -0.2) is 39.5 Å². The van der Waals surface area contributed by atoms with Gasteiger partial charge in [-0.25, -0.2) is 14.1 Å². The molecule has 4 rings (SSSR count). The Kier molecular flexibility index (Phi) is 7.97. The summed E-state index contributed by atoms with van der Waals surface area (Å²) in [6, 6.07) is 5.33. The number of pyridine rings is 1. The van der Waals surface area contributed by atoms with E-state index in [1.807, 2.05) is 13.0 Å². The molecular formula is C23H28Cl2FN3O4P+. The summed E-state index contributed by atoms with van der Waals surface area (Å²) >= 11 is 12.6. The first kappa shape index (κ1) is 25.5. The minimum absolute atomic E-state index is 0.106. The van der Waals surface area contributed by atoms with E-state index in [2.05, 4.69) is 10.1 Å². The lowest BCUT2D eigenvalue weighted by Gasteiger charge is -2.23. The normalized spacial score (nSPS) is 20.1. The van der Waals surface area contributed by atoms with E-state index in [0.717, 1.165) is 19.3 Å². The highest BCUT2D eigenvalue weighted by atomic mass is 35.5. The van der Waals surface area contributed by atoms with Gasteiger partial charge < -0.3 is 9.47 Å². The summed E-state index contributed by atoms with van der Waals surface area (Å²) in [6.45, 7) is 5.76. The van der Waals surface area contributed by atoms with Crippen LogP contribution in [0.2, 0.25) is 10.0 Å². The lowest BCUT2D eigenvalue weighted by Crippen LogP contribution is -2.19. The van der Waals surface area contributed by atoms with Gasteiger partial charge in [0.1, 0.15) is 24.2 Å². The number of hydrogen-bond donors (Lipinski definition) is 1. The predicted molar refractivity (Wildman–Crippen MR) is 132 cm³/mol. The molecule has 3 heterocycles. The maximum absolute atomic E-state index is 15.7. The van der Waals surface area contributed by atoms with Crippen LogP contribution in [-0.2, 0) is 9.26 Å². The molecule has 11 heteroatoms. The van der Waals surface area contributed by atoms with Gasteiger partial charge in [0.2, 0.25) is 0 Å². The van der Waals surface area contributed by atoms with E-state index in [1.54, 1.807) is 23.7 Å². The third-order valence-corrected chi connectivity index (χ3v) is 8.25. The van der Waals surface area contributed by atoms with Crippen molar-refractivity contribution in [3.8, 4) is 5.75 Å². The molecular weight excluding hydrogens is 503 g/mol. The average molecular weight is 531 g/mol. The van der Waals surface area contributed by atoms with Crippen molar-refractivity contribution in [1.29, 1.82) is 0 Å². The zero-order chi connectivity index (χ0) is 24.5. The van der Waals surface area contributed by atoms with Crippen molar-refractivity contribution in [2.45, 2.75) is 51.4 Å². The van der Waals surface area contributed by atoms with E-state index in [-0.39, 0.29) is 18.5 Å². The minimum Gasteiger partial charge on any atom is -0.486 e. The van der Waals surface area contributed by atoms with Crippen molar-refractivity contribution in [2.75, 3.05) is 19.9 Å². The Hall–Kier alpha value is -1.54. The zero-order valence-electron chi connectivity index (χ0n) is 19.2. The van der Waals surface area contributed by atoms with E-state index >= 15 is 4.39 Å². The summed E-state index contributed by atoms with van der Waals surface area (Å²) < 4.78 is 34.7. The number of aromatic nitrogens is 3. The van der Waals surface area contributed by atoms with Crippen molar-refractivity contribution in [3.05, 3.63) is 51.9 Å². The quantitative estimate of drug-likeness (QED) is 0.314. The molecule has 0 amide bonds. The van der Waals surface area contributed by atoms with Gasteiger partial charge in [-0.05, 0) is 51.3 Å². The molecule has 1 aromatic carbocycles. The molecule has 0 bridgehead atoms. The molecule has 2 aromatic heterocycles. The van der Waals surface area contributed by atoms with Gasteiger partial charge in [0, 0.05) is 30.0 Å². The molecule has 1 aliphatic rings. The van der Waals surface area contributed by atoms with Crippen molar-refractivity contribution in [3.63, 3.8) is 0 Å². The second-order valence-corrected chi connectivity index (χ2v) is 11.7. The zero-order valence-corrected chi connectivity index (χ0v) is 21.7. The van der Waals surface area contributed by atoms with Gasteiger partial charge in [-0.2, -0.15) is 9.49 Å². The first-order valence-corrected chi connectivity index (χ1v) is 14.1. The van der Waals surface area contributed by atoms with Gasteiger partial charge in [0.25, 0.3) is 0 Å². The average Bonchev–Trinajstić information content (AvgIpc) is 3.17. The fourth-order valence-corrected chi connectivity index (χ4v) is 6.13. The Labute approximate surface area is 208 Å². The van der Waals surface area contributed by atoms with Crippen LogP contribution in [0.25, 0.3) is 10.9 Å².